The van der Waals surface area contributed by atoms with Crippen LogP contribution in [0.1, 0.15) is 52.6 Å². The highest BCUT2D eigenvalue weighted by molar-refractivity contribution is 9.10. The van der Waals surface area contributed by atoms with Crippen molar-refractivity contribution in [2.75, 3.05) is 56.5 Å². The Labute approximate surface area is 276 Å². The van der Waals surface area contributed by atoms with Gasteiger partial charge < -0.3 is 20.0 Å². The topological polar surface area (TPSA) is 120 Å². The van der Waals surface area contributed by atoms with Crippen LogP contribution in [0.2, 0.25) is 0 Å². The normalized spacial score (nSPS) is 24.3. The number of hydrogen-bond donors (Lipinski definition) is 2. The van der Waals surface area contributed by atoms with E-state index < -0.39 is 0 Å². The fraction of sp³-hybridized carbons (Fsp3) is 0.441. The van der Waals surface area contributed by atoms with Gasteiger partial charge in [0.05, 0.1) is 17.8 Å². The minimum Gasteiger partial charge on any atom is -0.379 e. The maximum absolute atomic E-state index is 13.3. The summed E-state index contributed by atoms with van der Waals surface area (Å²) < 4.78 is 1.79. The van der Waals surface area contributed by atoms with E-state index in [2.05, 4.69) is 72.8 Å². The number of likely N-dealkylation sites (N-methyl/N-ethyl adjacent to an activating group) is 1. The lowest BCUT2D eigenvalue weighted by Crippen LogP contribution is -2.73. The molecule has 2 N–H and O–H groups in total. The van der Waals surface area contributed by atoms with Crippen molar-refractivity contribution in [2.24, 2.45) is 12.5 Å². The second kappa shape index (κ2) is 12.0. The molecule has 1 spiro atoms. The molecule has 1 aromatic heterocycles. The molecule has 0 radical (unpaired) electrons. The maximum atomic E-state index is 13.3. The standard InChI is InChI=1S/C34H38BrN7O4/c1-39-15-24(13-25(16-39)37-28-14-36-40(2)33(46)30(28)35)21-3-5-23(6-4-21)32(45)42-19-34(20-42)17-41(18-34)26-9-7-22(8-10-26)27-11-12-29(43)38-31(27)44/h3-10,14,24-25,27,37H,11-13,15-20H2,1-2H3,(H,38,43,44). The molecule has 0 aliphatic carbocycles. The van der Waals surface area contributed by atoms with Crippen LogP contribution >= 0.6 is 15.9 Å². The van der Waals surface area contributed by atoms with E-state index in [9.17, 15) is 19.2 Å². The van der Waals surface area contributed by atoms with Crippen molar-refractivity contribution in [1.29, 1.82) is 0 Å². The van der Waals surface area contributed by atoms with Crippen LogP contribution in [0.5, 0.6) is 0 Å². The van der Waals surface area contributed by atoms with Crippen LogP contribution in [-0.2, 0) is 16.6 Å². The summed E-state index contributed by atoms with van der Waals surface area (Å²) in [7, 11) is 3.74. The second-order valence-electron chi connectivity index (χ2n) is 13.5. The Morgan fingerprint density at radius 1 is 0.957 bits per heavy atom. The van der Waals surface area contributed by atoms with Gasteiger partial charge in [-0.15, -0.1) is 0 Å². The van der Waals surface area contributed by atoms with Gasteiger partial charge in [0.2, 0.25) is 11.8 Å². The van der Waals surface area contributed by atoms with E-state index in [1.807, 2.05) is 29.2 Å². The van der Waals surface area contributed by atoms with E-state index >= 15 is 0 Å². The Balaban J connectivity index is 0.912. The van der Waals surface area contributed by atoms with Gasteiger partial charge in [0.1, 0.15) is 4.47 Å². The number of piperidine rings is 2. The summed E-state index contributed by atoms with van der Waals surface area (Å²) in [4.78, 5) is 55.9. The number of halogens is 1. The lowest BCUT2D eigenvalue weighted by molar-refractivity contribution is -0.134. The molecule has 12 heteroatoms. The van der Waals surface area contributed by atoms with Gasteiger partial charge in [-0.2, -0.15) is 5.10 Å². The van der Waals surface area contributed by atoms with Crippen LogP contribution < -0.4 is 21.1 Å². The highest BCUT2D eigenvalue weighted by Gasteiger charge is 2.53. The fourth-order valence-corrected chi connectivity index (χ4v) is 8.03. The average molecular weight is 689 g/mol. The fourth-order valence-electron chi connectivity index (χ4n) is 7.56. The van der Waals surface area contributed by atoms with Crippen LogP contribution in [-0.4, -0.2) is 89.7 Å². The molecule has 5 heterocycles. The van der Waals surface area contributed by atoms with E-state index in [0.717, 1.165) is 56.9 Å². The zero-order chi connectivity index (χ0) is 32.2. The molecular weight excluding hydrogens is 650 g/mol. The minimum absolute atomic E-state index is 0.0764. The number of hydrogen-bond acceptors (Lipinski definition) is 8. The van der Waals surface area contributed by atoms with Crippen molar-refractivity contribution in [3.8, 4) is 0 Å². The molecule has 3 aromatic rings. The SMILES string of the molecule is CN1CC(Nc2cnn(C)c(=O)c2Br)CC(c2ccc(C(=O)N3CC4(C3)CN(c3ccc(C5CCC(=O)NC5=O)cc3)C4)cc2)C1. The number of rotatable bonds is 6. The first-order chi connectivity index (χ1) is 22.1. The number of amides is 3. The first kappa shape index (κ1) is 30.6. The van der Waals surface area contributed by atoms with Gasteiger partial charge in [-0.1, -0.05) is 24.3 Å². The molecule has 7 rings (SSSR count). The highest BCUT2D eigenvalue weighted by atomic mass is 79.9. The predicted molar refractivity (Wildman–Crippen MR) is 178 cm³/mol. The molecule has 3 amide bonds. The van der Waals surface area contributed by atoms with Crippen molar-refractivity contribution in [2.45, 2.75) is 37.1 Å². The summed E-state index contributed by atoms with van der Waals surface area (Å²) in [5.74, 6) is -0.313. The predicted octanol–water partition coefficient (Wildman–Crippen LogP) is 2.93. The van der Waals surface area contributed by atoms with Gasteiger partial charge >= 0.3 is 0 Å². The third-order valence-electron chi connectivity index (χ3n) is 9.99. The summed E-state index contributed by atoms with van der Waals surface area (Å²) in [6.45, 7) is 5.10. The van der Waals surface area contributed by atoms with Crippen LogP contribution in [0.15, 0.2) is 64.0 Å². The molecule has 3 atom stereocenters. The van der Waals surface area contributed by atoms with Crippen molar-refractivity contribution in [3.05, 3.63) is 86.2 Å². The second-order valence-corrected chi connectivity index (χ2v) is 14.3. The minimum atomic E-state index is -0.273. The van der Waals surface area contributed by atoms with Crippen molar-refractivity contribution in [1.82, 2.24) is 24.9 Å². The number of carbonyl (C=O) groups is 3. The highest BCUT2D eigenvalue weighted by Crippen LogP contribution is 2.43. The first-order valence-electron chi connectivity index (χ1n) is 15.8. The molecule has 240 valence electrons. The molecule has 4 saturated heterocycles. The summed E-state index contributed by atoms with van der Waals surface area (Å²) in [5, 5.41) is 10.1. The van der Waals surface area contributed by atoms with Crippen LogP contribution in [0.4, 0.5) is 11.4 Å². The van der Waals surface area contributed by atoms with E-state index in [0.29, 0.717) is 34.5 Å². The molecule has 3 unspecified atom stereocenters. The summed E-state index contributed by atoms with van der Waals surface area (Å²) in [6.07, 6.45) is 3.51. The van der Waals surface area contributed by atoms with Gasteiger partial charge in [0, 0.05) is 75.4 Å². The maximum Gasteiger partial charge on any atom is 0.282 e. The Bertz CT molecular complexity index is 1730. The van der Waals surface area contributed by atoms with Crippen LogP contribution in [0.3, 0.4) is 0 Å². The zero-order valence-electron chi connectivity index (χ0n) is 26.0. The average Bonchev–Trinajstić information content (AvgIpc) is 3.00. The summed E-state index contributed by atoms with van der Waals surface area (Å²) in [5.41, 5.74) is 4.64. The Morgan fingerprint density at radius 3 is 2.35 bits per heavy atom. The van der Waals surface area contributed by atoms with Crippen molar-refractivity contribution < 1.29 is 14.4 Å². The number of carbonyl (C=O) groups excluding carboxylic acids is 3. The first-order valence-corrected chi connectivity index (χ1v) is 16.6. The Hall–Kier alpha value is -4.03. The number of anilines is 2. The van der Waals surface area contributed by atoms with Crippen LogP contribution in [0.25, 0.3) is 0 Å². The third kappa shape index (κ3) is 5.84. The van der Waals surface area contributed by atoms with Gasteiger partial charge in [-0.05, 0) is 77.1 Å². The molecule has 2 aromatic carbocycles. The summed E-state index contributed by atoms with van der Waals surface area (Å²) >= 11 is 3.42. The number of likely N-dealkylation sites (tertiary alicyclic amines) is 2. The van der Waals surface area contributed by atoms with E-state index in [4.69, 9.17) is 0 Å². The lowest BCUT2D eigenvalue weighted by Gasteiger charge is -2.61. The number of aryl methyl sites for hydroxylation is 1. The van der Waals surface area contributed by atoms with E-state index in [1.54, 1.807) is 13.2 Å². The third-order valence-corrected chi connectivity index (χ3v) is 10.8. The largest absolute Gasteiger partial charge is 0.379 e. The molecule has 4 fully saturated rings. The number of benzene rings is 2. The van der Waals surface area contributed by atoms with Gasteiger partial charge in [-0.25, -0.2) is 4.68 Å². The van der Waals surface area contributed by atoms with Gasteiger partial charge in [0.15, 0.2) is 0 Å². The number of imide groups is 1. The molecule has 4 aliphatic rings. The number of nitrogens with zero attached hydrogens (tertiary/aromatic N) is 5. The van der Waals surface area contributed by atoms with Gasteiger partial charge in [-0.3, -0.25) is 24.5 Å². The Morgan fingerprint density at radius 2 is 1.65 bits per heavy atom. The quantitative estimate of drug-likeness (QED) is 0.380. The van der Waals surface area contributed by atoms with Crippen LogP contribution in [0, 0.1) is 5.41 Å². The van der Waals surface area contributed by atoms with E-state index in [1.165, 1.54) is 10.2 Å². The van der Waals surface area contributed by atoms with E-state index in [-0.39, 0.29) is 40.7 Å². The molecule has 0 saturated carbocycles. The molecular formula is C34H38BrN7O4. The van der Waals surface area contributed by atoms with Gasteiger partial charge in [0.25, 0.3) is 11.5 Å². The Kier molecular flexibility index (Phi) is 7.96. The van der Waals surface area contributed by atoms with Crippen molar-refractivity contribution in [3.63, 3.8) is 0 Å². The molecule has 46 heavy (non-hydrogen) atoms. The monoisotopic (exact) mass is 687 g/mol. The van der Waals surface area contributed by atoms with Crippen molar-refractivity contribution >= 4 is 45.0 Å². The lowest BCUT2D eigenvalue weighted by atomic mass is 9.72. The summed E-state index contributed by atoms with van der Waals surface area (Å²) in [6, 6.07) is 16.3. The molecule has 4 aliphatic heterocycles. The smallest absolute Gasteiger partial charge is 0.282 e. The number of aromatic nitrogens is 2. The molecule has 0 bridgehead atoms. The molecule has 11 nitrogen and oxygen atoms in total. The number of nitrogens with one attached hydrogen (secondary N) is 2. The zero-order valence-corrected chi connectivity index (χ0v) is 27.6.